The summed E-state index contributed by atoms with van der Waals surface area (Å²) in [4.78, 5) is 13.4. The largest absolute Gasteiger partial charge is 0.387 e. The lowest BCUT2D eigenvalue weighted by Crippen LogP contribution is -2.02. The van der Waals surface area contributed by atoms with Crippen molar-refractivity contribution in [1.29, 1.82) is 0 Å². The predicted octanol–water partition coefficient (Wildman–Crippen LogP) is 10.5. The number of nitrogens with zero attached hydrogens (tertiary/aromatic N) is 2. The zero-order valence-electron chi connectivity index (χ0n) is 26.0. The second kappa shape index (κ2) is 13.3. The van der Waals surface area contributed by atoms with Gasteiger partial charge in [-0.1, -0.05) is 84.9 Å². The van der Waals surface area contributed by atoms with Crippen molar-refractivity contribution in [2.24, 2.45) is 0 Å². The van der Waals surface area contributed by atoms with E-state index in [-0.39, 0.29) is 0 Å². The molecule has 0 aliphatic carbocycles. The van der Waals surface area contributed by atoms with Crippen LogP contribution in [-0.4, -0.2) is 20.2 Å². The van der Waals surface area contributed by atoms with E-state index in [4.69, 9.17) is 0 Å². The maximum Gasteiger partial charge on any atom is 0.0922 e. The Morgan fingerprint density at radius 1 is 0.479 bits per heavy atom. The van der Waals surface area contributed by atoms with E-state index < -0.39 is 12.2 Å². The van der Waals surface area contributed by atoms with Gasteiger partial charge in [0.15, 0.2) is 0 Å². The van der Waals surface area contributed by atoms with E-state index >= 15 is 0 Å². The van der Waals surface area contributed by atoms with Gasteiger partial charge in [-0.3, -0.25) is 9.97 Å². The van der Waals surface area contributed by atoms with E-state index in [1.807, 2.05) is 36.4 Å². The maximum absolute atomic E-state index is 11.2. The van der Waals surface area contributed by atoms with Crippen LogP contribution in [0.25, 0.3) is 53.8 Å². The first-order valence-corrected chi connectivity index (χ1v) is 17.6. The van der Waals surface area contributed by atoms with Crippen molar-refractivity contribution in [3.8, 4) is 32.3 Å². The normalized spacial score (nSPS) is 12.8. The molecule has 2 unspecified atom stereocenters. The molecule has 0 amide bonds. The molecule has 2 N–H and O–H groups in total. The molecule has 8 rings (SSSR count). The summed E-state index contributed by atoms with van der Waals surface area (Å²) in [6.45, 7) is 0. The van der Waals surface area contributed by atoms with E-state index in [0.717, 1.165) is 42.0 Å². The summed E-state index contributed by atoms with van der Waals surface area (Å²) >= 11 is 3.27. The summed E-state index contributed by atoms with van der Waals surface area (Å²) in [6, 6.07) is 45.7. The van der Waals surface area contributed by atoms with Gasteiger partial charge in [0, 0.05) is 44.7 Å². The number of aliphatic hydroxyl groups is 2. The average Bonchev–Trinajstić information content (AvgIpc) is 3.83. The summed E-state index contributed by atoms with van der Waals surface area (Å²) in [7, 11) is 0. The number of rotatable bonds is 9. The molecule has 4 aromatic heterocycles. The monoisotopic (exact) mass is 660 g/mol. The van der Waals surface area contributed by atoms with Crippen LogP contribution in [-0.2, 0) is 12.8 Å². The lowest BCUT2D eigenvalue weighted by atomic mass is 10.0. The van der Waals surface area contributed by atoms with Crippen molar-refractivity contribution >= 4 is 44.2 Å². The van der Waals surface area contributed by atoms with Crippen LogP contribution in [0, 0.1) is 0 Å². The van der Waals surface area contributed by atoms with Crippen molar-refractivity contribution < 1.29 is 10.2 Å². The molecule has 0 spiro atoms. The molecule has 0 bridgehead atoms. The van der Waals surface area contributed by atoms with Gasteiger partial charge < -0.3 is 10.2 Å². The summed E-state index contributed by atoms with van der Waals surface area (Å²) in [5.41, 5.74) is 5.83. The Morgan fingerprint density at radius 3 is 1.40 bits per heavy atom. The lowest BCUT2D eigenvalue weighted by Gasteiger charge is -2.11. The van der Waals surface area contributed by atoms with Crippen molar-refractivity contribution in [1.82, 2.24) is 9.97 Å². The highest BCUT2D eigenvalue weighted by molar-refractivity contribution is 7.16. The first-order chi connectivity index (χ1) is 23.6. The molecule has 4 nitrogen and oxygen atoms in total. The van der Waals surface area contributed by atoms with Crippen LogP contribution in [0.3, 0.4) is 0 Å². The highest BCUT2D eigenvalue weighted by Crippen LogP contribution is 2.38. The molecule has 0 saturated heterocycles. The molecule has 0 fully saturated rings. The first kappa shape index (κ1) is 30.4. The number of aliphatic hydroxyl groups excluding tert-OH is 2. The number of fused-ring (bicyclic) bond motifs is 2. The van der Waals surface area contributed by atoms with Crippen LogP contribution in [0.4, 0.5) is 0 Å². The Balaban J connectivity index is 0.966. The second-order valence-electron chi connectivity index (χ2n) is 12.0. The molecule has 6 heteroatoms. The third kappa shape index (κ3) is 6.19. The Hall–Kier alpha value is -4.98. The average molecular weight is 661 g/mol. The van der Waals surface area contributed by atoms with Crippen LogP contribution in [0.15, 0.2) is 146 Å². The molecular formula is C42H32N2O2S2. The standard InChI is InChI=1S/C42H32N2O2S2/c45-37(41-17-15-39(47-41)33-13-5-9-29-7-1-3-11-31(29)33)25-27-19-21-43-35(23-27)36-24-28(20-22-44-36)26-38(46)42-18-16-40(48-42)34-14-6-10-30-8-2-4-12-32(30)34/h1-24,37-38,45-46H,25-26H2. The Bertz CT molecular complexity index is 2200. The maximum atomic E-state index is 11.2. The van der Waals surface area contributed by atoms with Crippen molar-refractivity contribution in [2.45, 2.75) is 25.0 Å². The van der Waals surface area contributed by atoms with Gasteiger partial charge >= 0.3 is 0 Å². The fourth-order valence-electron chi connectivity index (χ4n) is 6.36. The van der Waals surface area contributed by atoms with Crippen LogP contribution in [0.2, 0.25) is 0 Å². The zero-order valence-corrected chi connectivity index (χ0v) is 27.7. The van der Waals surface area contributed by atoms with Gasteiger partial charge in [-0.15, -0.1) is 22.7 Å². The second-order valence-corrected chi connectivity index (χ2v) is 14.2. The Labute approximate surface area is 287 Å². The first-order valence-electron chi connectivity index (χ1n) is 16.0. The topological polar surface area (TPSA) is 66.2 Å². The van der Waals surface area contributed by atoms with Gasteiger partial charge in [-0.05, 0) is 92.3 Å². The van der Waals surface area contributed by atoms with E-state index in [1.54, 1.807) is 35.1 Å². The third-order valence-electron chi connectivity index (χ3n) is 8.79. The molecule has 0 aliphatic heterocycles. The molecule has 4 heterocycles. The molecule has 0 aliphatic rings. The van der Waals surface area contributed by atoms with Crippen LogP contribution in [0.1, 0.15) is 33.1 Å². The highest BCUT2D eigenvalue weighted by atomic mass is 32.1. The van der Waals surface area contributed by atoms with Crippen molar-refractivity contribution in [3.05, 3.63) is 167 Å². The zero-order chi connectivity index (χ0) is 32.5. The third-order valence-corrected chi connectivity index (χ3v) is 11.2. The molecule has 4 aromatic carbocycles. The van der Waals surface area contributed by atoms with Gasteiger partial charge in [0.05, 0.1) is 23.6 Å². The molecule has 0 radical (unpaired) electrons. The molecule has 8 aromatic rings. The van der Waals surface area contributed by atoms with Crippen molar-refractivity contribution in [3.63, 3.8) is 0 Å². The number of aromatic nitrogens is 2. The number of hydrogen-bond donors (Lipinski definition) is 2. The van der Waals surface area contributed by atoms with E-state index in [0.29, 0.717) is 12.8 Å². The fraction of sp³-hybridized carbons (Fsp3) is 0.0952. The fourth-order valence-corrected chi connectivity index (χ4v) is 8.43. The lowest BCUT2D eigenvalue weighted by molar-refractivity contribution is 0.182. The molecule has 0 saturated carbocycles. The van der Waals surface area contributed by atoms with Gasteiger partial charge in [0.2, 0.25) is 0 Å². The summed E-state index contributed by atoms with van der Waals surface area (Å²) in [5.74, 6) is 0. The Morgan fingerprint density at radius 2 is 0.917 bits per heavy atom. The molecule has 2 atom stereocenters. The van der Waals surface area contributed by atoms with Crippen LogP contribution in [0.5, 0.6) is 0 Å². The van der Waals surface area contributed by atoms with E-state index in [2.05, 4.69) is 107 Å². The minimum atomic E-state index is -0.632. The van der Waals surface area contributed by atoms with Gasteiger partial charge in [-0.25, -0.2) is 0 Å². The van der Waals surface area contributed by atoms with Crippen LogP contribution < -0.4 is 0 Å². The Kier molecular flexibility index (Phi) is 8.39. The van der Waals surface area contributed by atoms with Gasteiger partial charge in [0.25, 0.3) is 0 Å². The number of hydrogen-bond acceptors (Lipinski definition) is 6. The number of thiophene rings is 2. The molecular weight excluding hydrogens is 629 g/mol. The van der Waals surface area contributed by atoms with Crippen LogP contribution >= 0.6 is 22.7 Å². The van der Waals surface area contributed by atoms with E-state index in [1.165, 1.54) is 32.7 Å². The molecule has 234 valence electrons. The number of benzene rings is 4. The van der Waals surface area contributed by atoms with Gasteiger partial charge in [-0.2, -0.15) is 0 Å². The quantitative estimate of drug-likeness (QED) is 0.162. The predicted molar refractivity (Wildman–Crippen MR) is 199 cm³/mol. The molecule has 48 heavy (non-hydrogen) atoms. The summed E-state index contributed by atoms with van der Waals surface area (Å²) in [6.07, 6.45) is 3.23. The highest BCUT2D eigenvalue weighted by Gasteiger charge is 2.17. The van der Waals surface area contributed by atoms with E-state index in [9.17, 15) is 10.2 Å². The smallest absolute Gasteiger partial charge is 0.0922 e. The summed E-state index contributed by atoms with van der Waals surface area (Å²) < 4.78 is 0. The van der Waals surface area contributed by atoms with Gasteiger partial charge in [0.1, 0.15) is 0 Å². The van der Waals surface area contributed by atoms with Crippen molar-refractivity contribution in [2.75, 3.05) is 0 Å². The minimum absolute atomic E-state index is 0.473. The SMILES string of the molecule is OC(Cc1ccnc(-c2cc(CC(O)c3ccc(-c4cccc5ccccc45)s3)ccn2)c1)c1ccc(-c2cccc3ccccc23)s1. The summed E-state index contributed by atoms with van der Waals surface area (Å²) in [5, 5.41) is 27.3. The minimum Gasteiger partial charge on any atom is -0.387 e. The number of pyridine rings is 2.